The van der Waals surface area contributed by atoms with Gasteiger partial charge in [0.2, 0.25) is 0 Å². The highest BCUT2D eigenvalue weighted by Gasteiger charge is 1.95. The van der Waals surface area contributed by atoms with Crippen LogP contribution in [-0.2, 0) is 4.74 Å². The van der Waals surface area contributed by atoms with Gasteiger partial charge in [0.1, 0.15) is 6.26 Å². The molecule has 0 amide bonds. The minimum absolute atomic E-state index is 0.593. The second-order valence-corrected chi connectivity index (χ2v) is 1.04. The van der Waals surface area contributed by atoms with Crippen molar-refractivity contribution in [3.8, 4) is 0 Å². The number of nitrogens with zero attached hydrogens (tertiary/aromatic N) is 2. The molecule has 2 N–H and O–H groups in total. The van der Waals surface area contributed by atoms with E-state index in [2.05, 4.69) is 15.0 Å². The van der Waals surface area contributed by atoms with Crippen molar-refractivity contribution in [3.05, 3.63) is 12.5 Å². The number of hydrogen-bond donors (Lipinski definition) is 1. The number of nitrogens with two attached hydrogens (primary N) is 1. The van der Waals surface area contributed by atoms with Crippen LogP contribution in [0.15, 0.2) is 22.7 Å². The fraction of sp³-hybridized carbons (Fsp3) is 0.333. The second-order valence-electron chi connectivity index (χ2n) is 1.04. The summed E-state index contributed by atoms with van der Waals surface area (Å²) in [6.07, 6.45) is 2.24. The van der Waals surface area contributed by atoms with Gasteiger partial charge in [-0.3, -0.25) is 5.73 Å². The topological polar surface area (TPSA) is 60.0 Å². The van der Waals surface area contributed by atoms with Gasteiger partial charge in [0.15, 0.2) is 0 Å². The molecule has 1 unspecified atom stereocenters. The first kappa shape index (κ1) is 4.26. The minimum Gasteiger partial charge on any atom is -0.460 e. The lowest BCUT2D eigenvalue weighted by Crippen LogP contribution is -2.18. The van der Waals surface area contributed by atoms with Gasteiger partial charge in [0.05, 0.1) is 6.20 Å². The highest BCUT2D eigenvalue weighted by Crippen LogP contribution is 1.94. The fourth-order valence-corrected chi connectivity index (χ4v) is 0.274. The molecule has 1 aliphatic heterocycles. The van der Waals surface area contributed by atoms with Crippen molar-refractivity contribution in [1.82, 2.24) is 0 Å². The fourth-order valence-electron chi connectivity index (χ4n) is 0.274. The standard InChI is InChI=1S/C3H5N3O/c4-3-6-5-1-2-7-3/h1-3H,4H2. The summed E-state index contributed by atoms with van der Waals surface area (Å²) in [6, 6.07) is 0. The Morgan fingerprint density at radius 1 is 1.71 bits per heavy atom. The van der Waals surface area contributed by atoms with Gasteiger partial charge >= 0.3 is 0 Å². The van der Waals surface area contributed by atoms with E-state index in [1.165, 1.54) is 12.5 Å². The van der Waals surface area contributed by atoms with Crippen LogP contribution in [0.4, 0.5) is 0 Å². The van der Waals surface area contributed by atoms with Crippen molar-refractivity contribution in [1.29, 1.82) is 0 Å². The lowest BCUT2D eigenvalue weighted by atomic mass is 10.9. The van der Waals surface area contributed by atoms with E-state index in [1.54, 1.807) is 0 Å². The van der Waals surface area contributed by atoms with Crippen molar-refractivity contribution in [2.75, 3.05) is 0 Å². The zero-order valence-electron chi connectivity index (χ0n) is 3.61. The lowest BCUT2D eigenvalue weighted by Gasteiger charge is -2.04. The van der Waals surface area contributed by atoms with Crippen molar-refractivity contribution in [2.45, 2.75) is 6.35 Å². The molecule has 0 aliphatic carbocycles. The van der Waals surface area contributed by atoms with Crippen LogP contribution >= 0.6 is 0 Å². The maximum atomic E-state index is 5.10. The molecule has 4 heteroatoms. The number of hydrogen-bond acceptors (Lipinski definition) is 4. The SMILES string of the molecule is NC1N=NC=CO1. The van der Waals surface area contributed by atoms with E-state index in [0.29, 0.717) is 0 Å². The second kappa shape index (κ2) is 1.70. The van der Waals surface area contributed by atoms with E-state index < -0.39 is 6.35 Å². The van der Waals surface area contributed by atoms with Gasteiger partial charge in [-0.05, 0) is 0 Å². The van der Waals surface area contributed by atoms with E-state index in [-0.39, 0.29) is 0 Å². The summed E-state index contributed by atoms with van der Waals surface area (Å²) in [7, 11) is 0. The van der Waals surface area contributed by atoms with Crippen molar-refractivity contribution >= 4 is 0 Å². The summed E-state index contributed by atoms with van der Waals surface area (Å²) in [5, 5.41) is 6.88. The largest absolute Gasteiger partial charge is 0.460 e. The third-order valence-electron chi connectivity index (χ3n) is 0.526. The van der Waals surface area contributed by atoms with Crippen LogP contribution in [0.2, 0.25) is 0 Å². The predicted octanol–water partition coefficient (Wildman–Crippen LogP) is 0.182. The molecule has 4 nitrogen and oxygen atoms in total. The number of ether oxygens (including phenoxy) is 1. The van der Waals surface area contributed by atoms with Gasteiger partial charge < -0.3 is 4.74 Å². The van der Waals surface area contributed by atoms with Crippen LogP contribution in [0.25, 0.3) is 0 Å². The van der Waals surface area contributed by atoms with Gasteiger partial charge in [-0.2, -0.15) is 5.11 Å². The molecule has 0 bridgehead atoms. The highest BCUT2D eigenvalue weighted by molar-refractivity contribution is 4.72. The predicted molar refractivity (Wildman–Crippen MR) is 23.1 cm³/mol. The van der Waals surface area contributed by atoms with Gasteiger partial charge in [-0.25, -0.2) is 0 Å². The Hall–Kier alpha value is -0.900. The van der Waals surface area contributed by atoms with Crippen LogP contribution in [-0.4, -0.2) is 6.35 Å². The molecule has 0 aromatic rings. The molecule has 0 radical (unpaired) electrons. The Morgan fingerprint density at radius 2 is 2.57 bits per heavy atom. The lowest BCUT2D eigenvalue weighted by molar-refractivity contribution is 0.143. The first-order valence-corrected chi connectivity index (χ1v) is 1.85. The van der Waals surface area contributed by atoms with E-state index in [1.807, 2.05) is 0 Å². The molecule has 0 fully saturated rings. The molecule has 1 rings (SSSR count). The Bertz CT molecular complexity index is 109. The zero-order valence-corrected chi connectivity index (χ0v) is 3.61. The van der Waals surface area contributed by atoms with Crippen LogP contribution in [0.5, 0.6) is 0 Å². The molecule has 38 valence electrons. The molecule has 1 atom stereocenters. The quantitative estimate of drug-likeness (QED) is 0.471. The van der Waals surface area contributed by atoms with Crippen LogP contribution < -0.4 is 5.73 Å². The Kier molecular flexibility index (Phi) is 1.04. The molecule has 0 aromatic heterocycles. The summed E-state index contributed by atoms with van der Waals surface area (Å²) in [4.78, 5) is 0. The first-order chi connectivity index (χ1) is 3.39. The summed E-state index contributed by atoms with van der Waals surface area (Å²) in [5.74, 6) is 0. The molecule has 0 spiro atoms. The van der Waals surface area contributed by atoms with E-state index in [0.717, 1.165) is 0 Å². The van der Waals surface area contributed by atoms with E-state index in [4.69, 9.17) is 5.73 Å². The molecular weight excluding hydrogens is 94.1 g/mol. The van der Waals surface area contributed by atoms with Crippen molar-refractivity contribution in [2.24, 2.45) is 16.0 Å². The van der Waals surface area contributed by atoms with Crippen LogP contribution in [0, 0.1) is 0 Å². The Morgan fingerprint density at radius 3 is 2.86 bits per heavy atom. The maximum absolute atomic E-state index is 5.10. The van der Waals surface area contributed by atoms with Crippen molar-refractivity contribution < 1.29 is 4.74 Å². The monoisotopic (exact) mass is 99.0 g/mol. The molecule has 1 aliphatic rings. The first-order valence-electron chi connectivity index (χ1n) is 1.85. The van der Waals surface area contributed by atoms with Gasteiger partial charge in [0, 0.05) is 0 Å². The highest BCUT2D eigenvalue weighted by atomic mass is 16.5. The molecule has 1 heterocycles. The number of azo groups is 1. The summed E-state index contributed by atoms with van der Waals surface area (Å²) < 4.78 is 4.61. The zero-order chi connectivity index (χ0) is 5.11. The third kappa shape index (κ3) is 0.972. The minimum atomic E-state index is -0.593. The van der Waals surface area contributed by atoms with Gasteiger partial charge in [-0.1, -0.05) is 0 Å². The molecular formula is C3H5N3O. The molecule has 0 saturated carbocycles. The summed E-state index contributed by atoms with van der Waals surface area (Å²) in [6.45, 7) is 0. The average molecular weight is 99.1 g/mol. The Labute approximate surface area is 40.7 Å². The smallest absolute Gasteiger partial charge is 0.262 e. The molecule has 0 saturated heterocycles. The molecule has 0 aromatic carbocycles. The normalized spacial score (nSPS) is 27.3. The number of rotatable bonds is 0. The summed E-state index contributed by atoms with van der Waals surface area (Å²) >= 11 is 0. The maximum Gasteiger partial charge on any atom is 0.262 e. The van der Waals surface area contributed by atoms with Crippen molar-refractivity contribution in [3.63, 3.8) is 0 Å². The van der Waals surface area contributed by atoms with Crippen LogP contribution in [0.1, 0.15) is 0 Å². The van der Waals surface area contributed by atoms with Gasteiger partial charge in [0.25, 0.3) is 6.35 Å². The van der Waals surface area contributed by atoms with E-state index in [9.17, 15) is 0 Å². The summed E-state index contributed by atoms with van der Waals surface area (Å²) in [5.41, 5.74) is 5.10. The van der Waals surface area contributed by atoms with Crippen LogP contribution in [0.3, 0.4) is 0 Å². The van der Waals surface area contributed by atoms with E-state index >= 15 is 0 Å². The van der Waals surface area contributed by atoms with Gasteiger partial charge in [-0.15, -0.1) is 5.11 Å². The molecule has 7 heavy (non-hydrogen) atoms. The average Bonchev–Trinajstić information content (AvgIpc) is 1.69. The third-order valence-corrected chi connectivity index (χ3v) is 0.526. The Balaban J connectivity index is 2.49.